The Balaban J connectivity index is 2.34. The number of anilines is 1. The van der Waals surface area contributed by atoms with Crippen LogP contribution in [0.3, 0.4) is 0 Å². The second kappa shape index (κ2) is 2.86. The fourth-order valence-electron chi connectivity index (χ4n) is 2.47. The minimum Gasteiger partial charge on any atom is -0.399 e. The Morgan fingerprint density at radius 1 is 0.933 bits per heavy atom. The third-order valence-corrected chi connectivity index (χ3v) is 3.26. The van der Waals surface area contributed by atoms with Crippen molar-refractivity contribution in [2.75, 3.05) is 5.73 Å². The molecule has 0 spiro atoms. The number of nitrogens with two attached hydrogens (primary N) is 1. The van der Waals surface area contributed by atoms with Gasteiger partial charge < -0.3 is 5.73 Å². The summed E-state index contributed by atoms with van der Waals surface area (Å²) in [5, 5.41) is 0. The predicted molar refractivity (Wildman–Crippen MR) is 63.8 cm³/mol. The van der Waals surface area contributed by atoms with Crippen molar-refractivity contribution in [2.45, 2.75) is 12.8 Å². The van der Waals surface area contributed by atoms with Gasteiger partial charge in [-0.3, -0.25) is 0 Å². The highest BCUT2D eigenvalue weighted by Crippen LogP contribution is 2.44. The molecule has 0 saturated heterocycles. The van der Waals surface area contributed by atoms with Gasteiger partial charge in [-0.25, -0.2) is 0 Å². The Hall–Kier alpha value is -1.76. The number of fused-ring (bicyclic) bond motifs is 3. The van der Waals surface area contributed by atoms with Crippen molar-refractivity contribution in [1.29, 1.82) is 0 Å². The normalized spacial score (nSPS) is 17.3. The van der Waals surface area contributed by atoms with Gasteiger partial charge in [-0.1, -0.05) is 37.3 Å². The van der Waals surface area contributed by atoms with Crippen molar-refractivity contribution in [2.24, 2.45) is 0 Å². The van der Waals surface area contributed by atoms with Crippen LogP contribution in [-0.2, 0) is 0 Å². The molecule has 74 valence electrons. The maximum absolute atomic E-state index is 5.83. The van der Waals surface area contributed by atoms with Crippen molar-refractivity contribution in [3.8, 4) is 11.1 Å². The van der Waals surface area contributed by atoms with E-state index in [9.17, 15) is 0 Å². The van der Waals surface area contributed by atoms with Gasteiger partial charge in [-0.2, -0.15) is 0 Å². The van der Waals surface area contributed by atoms with Crippen LogP contribution >= 0.6 is 0 Å². The van der Waals surface area contributed by atoms with E-state index in [1.54, 1.807) is 0 Å². The summed E-state index contributed by atoms with van der Waals surface area (Å²) in [6.45, 7) is 2.25. The van der Waals surface area contributed by atoms with E-state index < -0.39 is 0 Å². The molecule has 1 atom stereocenters. The van der Waals surface area contributed by atoms with Crippen LogP contribution in [0.2, 0.25) is 0 Å². The largest absolute Gasteiger partial charge is 0.399 e. The van der Waals surface area contributed by atoms with E-state index in [0.717, 1.165) is 5.69 Å². The highest BCUT2D eigenvalue weighted by Gasteiger charge is 2.24. The molecule has 2 aromatic carbocycles. The molecule has 2 aromatic rings. The molecular weight excluding hydrogens is 182 g/mol. The molecule has 0 aliphatic heterocycles. The smallest absolute Gasteiger partial charge is 0.0320 e. The first-order chi connectivity index (χ1) is 7.27. The molecule has 1 aliphatic rings. The summed E-state index contributed by atoms with van der Waals surface area (Å²) in [6.07, 6.45) is 0. The SMILES string of the molecule is CC1c2ccccc2-c2cc(N)ccc21. The van der Waals surface area contributed by atoms with Gasteiger partial charge in [0.05, 0.1) is 0 Å². The molecule has 0 heterocycles. The second-order valence-corrected chi connectivity index (χ2v) is 4.16. The molecule has 0 radical (unpaired) electrons. The summed E-state index contributed by atoms with van der Waals surface area (Å²) in [6, 6.07) is 14.8. The zero-order valence-corrected chi connectivity index (χ0v) is 8.70. The van der Waals surface area contributed by atoms with E-state index in [4.69, 9.17) is 5.73 Å². The second-order valence-electron chi connectivity index (χ2n) is 4.16. The Kier molecular flexibility index (Phi) is 1.63. The monoisotopic (exact) mass is 195 g/mol. The summed E-state index contributed by atoms with van der Waals surface area (Å²) < 4.78 is 0. The maximum atomic E-state index is 5.83. The third kappa shape index (κ3) is 1.09. The average Bonchev–Trinajstić information content (AvgIpc) is 2.54. The Labute approximate surface area is 89.6 Å². The minimum atomic E-state index is 0.497. The standard InChI is InChI=1S/C14H13N/c1-9-11-4-2-3-5-13(11)14-8-10(15)6-7-12(9)14/h2-9H,15H2,1H3. The predicted octanol–water partition coefficient (Wildman–Crippen LogP) is 3.40. The zero-order chi connectivity index (χ0) is 10.4. The fourth-order valence-corrected chi connectivity index (χ4v) is 2.47. The highest BCUT2D eigenvalue weighted by molar-refractivity contribution is 5.80. The first kappa shape index (κ1) is 8.54. The molecule has 3 rings (SSSR count). The Bertz CT molecular complexity index is 529. The van der Waals surface area contributed by atoms with Crippen LogP contribution in [0, 0.1) is 0 Å². The van der Waals surface area contributed by atoms with Gasteiger partial charge in [0.1, 0.15) is 0 Å². The van der Waals surface area contributed by atoms with Crippen molar-refractivity contribution in [3.05, 3.63) is 53.6 Å². The van der Waals surface area contributed by atoms with Gasteiger partial charge in [-0.05, 0) is 34.4 Å². The van der Waals surface area contributed by atoms with E-state index in [1.807, 2.05) is 6.07 Å². The topological polar surface area (TPSA) is 26.0 Å². The lowest BCUT2D eigenvalue weighted by Gasteiger charge is -2.05. The molecule has 15 heavy (non-hydrogen) atoms. The summed E-state index contributed by atoms with van der Waals surface area (Å²) >= 11 is 0. The van der Waals surface area contributed by atoms with E-state index in [-0.39, 0.29) is 0 Å². The Morgan fingerprint density at radius 2 is 1.67 bits per heavy atom. The lowest BCUT2D eigenvalue weighted by Crippen LogP contribution is -1.90. The molecule has 1 nitrogen and oxygen atoms in total. The van der Waals surface area contributed by atoms with Crippen LogP contribution in [0.15, 0.2) is 42.5 Å². The van der Waals surface area contributed by atoms with Gasteiger partial charge in [0.2, 0.25) is 0 Å². The minimum absolute atomic E-state index is 0.497. The van der Waals surface area contributed by atoms with Crippen molar-refractivity contribution < 1.29 is 0 Å². The number of rotatable bonds is 0. The first-order valence-electron chi connectivity index (χ1n) is 5.26. The van der Waals surface area contributed by atoms with Gasteiger partial charge in [0, 0.05) is 11.6 Å². The van der Waals surface area contributed by atoms with Crippen LogP contribution in [0.1, 0.15) is 24.0 Å². The summed E-state index contributed by atoms with van der Waals surface area (Å²) in [7, 11) is 0. The molecule has 1 heteroatoms. The Morgan fingerprint density at radius 3 is 2.53 bits per heavy atom. The number of benzene rings is 2. The van der Waals surface area contributed by atoms with Crippen LogP contribution in [-0.4, -0.2) is 0 Å². The molecule has 0 amide bonds. The molecule has 0 fully saturated rings. The van der Waals surface area contributed by atoms with Gasteiger partial charge in [0.15, 0.2) is 0 Å². The van der Waals surface area contributed by atoms with Crippen LogP contribution < -0.4 is 5.73 Å². The van der Waals surface area contributed by atoms with E-state index >= 15 is 0 Å². The maximum Gasteiger partial charge on any atom is 0.0320 e. The molecule has 0 aromatic heterocycles. The molecule has 2 N–H and O–H groups in total. The molecule has 1 unspecified atom stereocenters. The number of hydrogen-bond acceptors (Lipinski definition) is 1. The quantitative estimate of drug-likeness (QED) is 0.640. The van der Waals surface area contributed by atoms with E-state index in [2.05, 4.69) is 43.3 Å². The van der Waals surface area contributed by atoms with E-state index in [0.29, 0.717) is 5.92 Å². The number of hydrogen-bond donors (Lipinski definition) is 1. The lowest BCUT2D eigenvalue weighted by atomic mass is 9.99. The van der Waals surface area contributed by atoms with E-state index in [1.165, 1.54) is 22.3 Å². The molecular formula is C14H13N. The fraction of sp³-hybridized carbons (Fsp3) is 0.143. The van der Waals surface area contributed by atoms with Crippen LogP contribution in [0.4, 0.5) is 5.69 Å². The summed E-state index contributed by atoms with van der Waals surface area (Å²) in [5.74, 6) is 0.497. The molecule has 1 aliphatic carbocycles. The lowest BCUT2D eigenvalue weighted by molar-refractivity contribution is 0.957. The van der Waals surface area contributed by atoms with Crippen LogP contribution in [0.5, 0.6) is 0 Å². The summed E-state index contributed by atoms with van der Waals surface area (Å²) in [5.41, 5.74) is 12.1. The first-order valence-corrected chi connectivity index (χ1v) is 5.26. The molecule has 0 saturated carbocycles. The summed E-state index contributed by atoms with van der Waals surface area (Å²) in [4.78, 5) is 0. The van der Waals surface area contributed by atoms with Crippen molar-refractivity contribution in [3.63, 3.8) is 0 Å². The van der Waals surface area contributed by atoms with Gasteiger partial charge in [0.25, 0.3) is 0 Å². The number of nitrogen functional groups attached to an aromatic ring is 1. The van der Waals surface area contributed by atoms with Crippen LogP contribution in [0.25, 0.3) is 11.1 Å². The average molecular weight is 195 g/mol. The van der Waals surface area contributed by atoms with Gasteiger partial charge >= 0.3 is 0 Å². The third-order valence-electron chi connectivity index (χ3n) is 3.26. The van der Waals surface area contributed by atoms with Gasteiger partial charge in [-0.15, -0.1) is 0 Å². The zero-order valence-electron chi connectivity index (χ0n) is 8.70. The van der Waals surface area contributed by atoms with Crippen molar-refractivity contribution >= 4 is 5.69 Å². The van der Waals surface area contributed by atoms with Crippen molar-refractivity contribution in [1.82, 2.24) is 0 Å². The molecule has 0 bridgehead atoms. The highest BCUT2D eigenvalue weighted by atomic mass is 14.5.